The van der Waals surface area contributed by atoms with Crippen LogP contribution in [0.3, 0.4) is 0 Å². The van der Waals surface area contributed by atoms with Crippen LogP contribution >= 0.6 is 0 Å². The summed E-state index contributed by atoms with van der Waals surface area (Å²) in [6.45, 7) is 12.4. The highest BCUT2D eigenvalue weighted by molar-refractivity contribution is 5.16. The number of hydrogen-bond donors (Lipinski definition) is 0. The average molecular weight is 166 g/mol. The van der Waals surface area contributed by atoms with E-state index in [0.717, 1.165) is 17.8 Å². The summed E-state index contributed by atoms with van der Waals surface area (Å²) in [4.78, 5) is 0. The molecular weight excluding hydrogens is 144 g/mol. The van der Waals surface area contributed by atoms with Crippen LogP contribution < -0.4 is 0 Å². The summed E-state index contributed by atoms with van der Waals surface area (Å²) in [6.07, 6.45) is 2.93. The third-order valence-corrected chi connectivity index (χ3v) is 5.59. The van der Waals surface area contributed by atoms with E-state index >= 15 is 0 Å². The van der Waals surface area contributed by atoms with E-state index in [-0.39, 0.29) is 0 Å². The highest BCUT2D eigenvalue weighted by Gasteiger charge is 2.68. The minimum absolute atomic E-state index is 0.685. The molecule has 70 valence electrons. The molecule has 0 aliphatic heterocycles. The number of fused-ring (bicyclic) bond motifs is 1. The van der Waals surface area contributed by atoms with Gasteiger partial charge in [0.25, 0.3) is 0 Å². The van der Waals surface area contributed by atoms with Crippen LogP contribution in [-0.2, 0) is 0 Å². The summed E-state index contributed by atoms with van der Waals surface area (Å²) < 4.78 is 0. The first-order valence-corrected chi connectivity index (χ1v) is 5.42. The zero-order valence-electron chi connectivity index (χ0n) is 9.15. The van der Waals surface area contributed by atoms with Gasteiger partial charge in [0.1, 0.15) is 0 Å². The molecule has 0 bridgehead atoms. The van der Waals surface area contributed by atoms with E-state index in [1.54, 1.807) is 0 Å². The van der Waals surface area contributed by atoms with Gasteiger partial charge in [-0.1, -0.05) is 34.6 Å². The Hall–Kier alpha value is 0. The largest absolute Gasteiger partial charge is 0.0622 e. The van der Waals surface area contributed by atoms with Gasteiger partial charge in [0, 0.05) is 0 Å². The number of rotatable bonds is 0. The zero-order chi connectivity index (χ0) is 9.15. The predicted molar refractivity (Wildman–Crippen MR) is 52.9 cm³/mol. The van der Waals surface area contributed by atoms with Gasteiger partial charge >= 0.3 is 0 Å². The Morgan fingerprint density at radius 2 is 1.58 bits per heavy atom. The Balaban J connectivity index is 2.27. The molecule has 2 saturated carbocycles. The molecule has 0 heteroatoms. The normalized spacial score (nSPS) is 64.2. The summed E-state index contributed by atoms with van der Waals surface area (Å²) >= 11 is 0. The maximum Gasteiger partial charge on any atom is -0.0236 e. The summed E-state index contributed by atoms with van der Waals surface area (Å²) in [5, 5.41) is 0. The fraction of sp³-hybridized carbons (Fsp3) is 1.00. The van der Waals surface area contributed by atoms with Crippen molar-refractivity contribution in [2.45, 2.75) is 47.5 Å². The molecule has 0 heterocycles. The van der Waals surface area contributed by atoms with Crippen LogP contribution in [-0.4, -0.2) is 0 Å². The minimum Gasteiger partial charge on any atom is -0.0622 e. The van der Waals surface area contributed by atoms with Crippen molar-refractivity contribution >= 4 is 0 Å². The highest BCUT2D eigenvalue weighted by Crippen LogP contribution is 2.75. The molecule has 3 unspecified atom stereocenters. The van der Waals surface area contributed by atoms with Gasteiger partial charge in [-0.05, 0) is 41.4 Å². The van der Waals surface area contributed by atoms with E-state index < -0.39 is 0 Å². The van der Waals surface area contributed by atoms with Crippen molar-refractivity contribution in [3.63, 3.8) is 0 Å². The Morgan fingerprint density at radius 3 is 2.17 bits per heavy atom. The monoisotopic (exact) mass is 166 g/mol. The van der Waals surface area contributed by atoms with Gasteiger partial charge < -0.3 is 0 Å². The molecule has 0 N–H and O–H groups in total. The standard InChI is InChI=1S/C12H22/c1-8-6-9(2)11(4)7-12(11,5)10(8)3/h8-10H,6-7H2,1-5H3/t8-,9?,10-,11?,12?/m0/s1. The molecule has 2 aliphatic rings. The summed E-state index contributed by atoms with van der Waals surface area (Å²) in [5.74, 6) is 2.84. The molecule has 0 radical (unpaired) electrons. The molecule has 0 aromatic carbocycles. The summed E-state index contributed by atoms with van der Waals surface area (Å²) in [6, 6.07) is 0. The maximum atomic E-state index is 2.50. The number of hydrogen-bond acceptors (Lipinski definition) is 0. The van der Waals surface area contributed by atoms with E-state index in [2.05, 4.69) is 34.6 Å². The lowest BCUT2D eigenvalue weighted by Gasteiger charge is -2.40. The smallest absolute Gasteiger partial charge is 0.0236 e. The van der Waals surface area contributed by atoms with E-state index in [9.17, 15) is 0 Å². The Morgan fingerprint density at radius 1 is 1.00 bits per heavy atom. The molecule has 12 heavy (non-hydrogen) atoms. The van der Waals surface area contributed by atoms with Crippen LogP contribution in [0, 0.1) is 28.6 Å². The third-order valence-electron chi connectivity index (χ3n) is 5.59. The maximum absolute atomic E-state index is 2.50. The van der Waals surface area contributed by atoms with Crippen molar-refractivity contribution in [3.8, 4) is 0 Å². The fourth-order valence-corrected chi connectivity index (χ4v) is 3.79. The fourth-order valence-electron chi connectivity index (χ4n) is 3.79. The second-order valence-corrected chi connectivity index (χ2v) is 5.91. The van der Waals surface area contributed by atoms with Gasteiger partial charge in [-0.15, -0.1) is 0 Å². The van der Waals surface area contributed by atoms with Crippen molar-refractivity contribution < 1.29 is 0 Å². The molecule has 0 aromatic rings. The van der Waals surface area contributed by atoms with Crippen molar-refractivity contribution in [1.29, 1.82) is 0 Å². The zero-order valence-corrected chi connectivity index (χ0v) is 9.15. The first kappa shape index (κ1) is 8.59. The molecule has 2 aliphatic carbocycles. The lowest BCUT2D eigenvalue weighted by molar-refractivity contribution is 0.0854. The van der Waals surface area contributed by atoms with E-state index in [1.165, 1.54) is 12.8 Å². The molecule has 0 spiro atoms. The average Bonchev–Trinajstić information content (AvgIpc) is 2.55. The third kappa shape index (κ3) is 0.744. The first-order valence-electron chi connectivity index (χ1n) is 5.42. The lowest BCUT2D eigenvalue weighted by Crippen LogP contribution is -2.33. The van der Waals surface area contributed by atoms with Gasteiger partial charge in [0.2, 0.25) is 0 Å². The van der Waals surface area contributed by atoms with Crippen LogP contribution in [0.1, 0.15) is 47.5 Å². The van der Waals surface area contributed by atoms with Gasteiger partial charge in [-0.2, -0.15) is 0 Å². The minimum atomic E-state index is 0.685. The van der Waals surface area contributed by atoms with Gasteiger partial charge in [-0.3, -0.25) is 0 Å². The van der Waals surface area contributed by atoms with Crippen LogP contribution in [0.5, 0.6) is 0 Å². The Bertz CT molecular complexity index is 208. The Labute approximate surface area is 76.7 Å². The van der Waals surface area contributed by atoms with E-state index in [1.807, 2.05) is 0 Å². The molecule has 0 amide bonds. The predicted octanol–water partition coefficient (Wildman–Crippen LogP) is 3.71. The van der Waals surface area contributed by atoms with Crippen molar-refractivity contribution in [2.24, 2.45) is 28.6 Å². The molecule has 0 saturated heterocycles. The Kier molecular flexibility index (Phi) is 1.49. The van der Waals surface area contributed by atoms with Gasteiger partial charge in [0.15, 0.2) is 0 Å². The molecular formula is C12H22. The highest BCUT2D eigenvalue weighted by atomic mass is 14.7. The van der Waals surface area contributed by atoms with E-state index in [0.29, 0.717) is 10.8 Å². The van der Waals surface area contributed by atoms with Crippen LogP contribution in [0.15, 0.2) is 0 Å². The van der Waals surface area contributed by atoms with Crippen LogP contribution in [0.25, 0.3) is 0 Å². The summed E-state index contributed by atoms with van der Waals surface area (Å²) in [5.41, 5.74) is 1.38. The van der Waals surface area contributed by atoms with Crippen molar-refractivity contribution in [1.82, 2.24) is 0 Å². The van der Waals surface area contributed by atoms with Gasteiger partial charge in [0.05, 0.1) is 0 Å². The summed E-state index contributed by atoms with van der Waals surface area (Å²) in [7, 11) is 0. The molecule has 0 aromatic heterocycles. The van der Waals surface area contributed by atoms with E-state index in [4.69, 9.17) is 0 Å². The quantitative estimate of drug-likeness (QED) is 0.514. The second kappa shape index (κ2) is 2.08. The molecule has 5 atom stereocenters. The molecule has 0 nitrogen and oxygen atoms in total. The molecule has 2 rings (SSSR count). The second-order valence-electron chi connectivity index (χ2n) is 5.91. The van der Waals surface area contributed by atoms with Crippen molar-refractivity contribution in [3.05, 3.63) is 0 Å². The van der Waals surface area contributed by atoms with Crippen LogP contribution in [0.4, 0.5) is 0 Å². The lowest BCUT2D eigenvalue weighted by atomic mass is 9.65. The van der Waals surface area contributed by atoms with Gasteiger partial charge in [-0.25, -0.2) is 0 Å². The first-order chi connectivity index (χ1) is 5.42. The SMILES string of the molecule is CC1C[C@H](C)[C@H](C)C2(C)CC12C. The van der Waals surface area contributed by atoms with Crippen molar-refractivity contribution in [2.75, 3.05) is 0 Å². The topological polar surface area (TPSA) is 0 Å². The van der Waals surface area contributed by atoms with Crippen LogP contribution in [0.2, 0.25) is 0 Å². The molecule has 2 fully saturated rings.